The standard InChI is InChI=1S/C10H14O/c1-3-5-7-9-10(11)8-6-4-2/h3-5,10-11H,2,7,9H2,1H3. The number of hydrogen-bond acceptors (Lipinski definition) is 1. The molecule has 60 valence electrons. The van der Waals surface area contributed by atoms with Crippen LogP contribution < -0.4 is 0 Å². The largest absolute Gasteiger partial charge is 0.380 e. The molecule has 1 heteroatoms. The molecule has 0 aliphatic carbocycles. The van der Waals surface area contributed by atoms with Crippen LogP contribution in [-0.4, -0.2) is 11.2 Å². The highest BCUT2D eigenvalue weighted by Crippen LogP contribution is 1.96. The van der Waals surface area contributed by atoms with Crippen molar-refractivity contribution in [1.82, 2.24) is 0 Å². The zero-order valence-electron chi connectivity index (χ0n) is 6.88. The molecule has 11 heavy (non-hydrogen) atoms. The molecule has 0 aliphatic heterocycles. The SMILES string of the molecule is C=CC#CC(O)CCC=CC. The van der Waals surface area contributed by atoms with Crippen molar-refractivity contribution in [3.05, 3.63) is 24.8 Å². The monoisotopic (exact) mass is 150 g/mol. The maximum atomic E-state index is 9.15. The van der Waals surface area contributed by atoms with Crippen LogP contribution in [0.15, 0.2) is 24.8 Å². The van der Waals surface area contributed by atoms with E-state index in [9.17, 15) is 0 Å². The van der Waals surface area contributed by atoms with Crippen molar-refractivity contribution in [3.63, 3.8) is 0 Å². The molecule has 0 saturated carbocycles. The van der Waals surface area contributed by atoms with Crippen LogP contribution in [0.4, 0.5) is 0 Å². The highest BCUT2D eigenvalue weighted by Gasteiger charge is 1.94. The summed E-state index contributed by atoms with van der Waals surface area (Å²) < 4.78 is 0. The summed E-state index contributed by atoms with van der Waals surface area (Å²) in [7, 11) is 0. The summed E-state index contributed by atoms with van der Waals surface area (Å²) >= 11 is 0. The lowest BCUT2D eigenvalue weighted by Crippen LogP contribution is -2.00. The number of rotatable bonds is 3. The van der Waals surface area contributed by atoms with E-state index in [-0.39, 0.29) is 0 Å². The first-order valence-corrected chi connectivity index (χ1v) is 3.72. The summed E-state index contributed by atoms with van der Waals surface area (Å²) in [6.07, 6.45) is 6.53. The second-order valence-corrected chi connectivity index (χ2v) is 2.15. The van der Waals surface area contributed by atoms with Gasteiger partial charge in [-0.15, -0.1) is 0 Å². The van der Waals surface area contributed by atoms with Crippen molar-refractivity contribution in [1.29, 1.82) is 0 Å². The Morgan fingerprint density at radius 1 is 1.64 bits per heavy atom. The molecule has 1 N–H and O–H groups in total. The van der Waals surface area contributed by atoms with Crippen LogP contribution in [0.25, 0.3) is 0 Å². The summed E-state index contributed by atoms with van der Waals surface area (Å²) in [5, 5.41) is 9.15. The first-order chi connectivity index (χ1) is 5.31. The molecule has 0 bridgehead atoms. The quantitative estimate of drug-likeness (QED) is 0.481. The molecule has 0 amide bonds. The minimum absolute atomic E-state index is 0.510. The van der Waals surface area contributed by atoms with Gasteiger partial charge in [-0.05, 0) is 25.8 Å². The lowest BCUT2D eigenvalue weighted by molar-refractivity contribution is 0.223. The number of allylic oxidation sites excluding steroid dienone is 3. The maximum absolute atomic E-state index is 9.15. The van der Waals surface area contributed by atoms with Gasteiger partial charge in [0.1, 0.15) is 6.10 Å². The van der Waals surface area contributed by atoms with Crippen LogP contribution in [0, 0.1) is 11.8 Å². The smallest absolute Gasteiger partial charge is 0.115 e. The van der Waals surface area contributed by atoms with Gasteiger partial charge in [-0.2, -0.15) is 0 Å². The molecule has 0 aromatic carbocycles. The second-order valence-electron chi connectivity index (χ2n) is 2.15. The van der Waals surface area contributed by atoms with E-state index in [1.54, 1.807) is 0 Å². The van der Waals surface area contributed by atoms with Gasteiger partial charge in [-0.25, -0.2) is 0 Å². The van der Waals surface area contributed by atoms with Crippen molar-refractivity contribution in [2.24, 2.45) is 0 Å². The zero-order chi connectivity index (χ0) is 8.53. The second kappa shape index (κ2) is 7.11. The molecule has 0 rings (SSSR count). The van der Waals surface area contributed by atoms with Gasteiger partial charge in [-0.1, -0.05) is 30.6 Å². The van der Waals surface area contributed by atoms with Crippen molar-refractivity contribution < 1.29 is 5.11 Å². The molecule has 1 nitrogen and oxygen atoms in total. The number of hydrogen-bond donors (Lipinski definition) is 1. The van der Waals surface area contributed by atoms with Crippen LogP contribution in [-0.2, 0) is 0 Å². The average molecular weight is 150 g/mol. The Kier molecular flexibility index (Phi) is 6.46. The molecular formula is C10H14O. The first kappa shape index (κ1) is 10.0. The van der Waals surface area contributed by atoms with Crippen LogP contribution >= 0.6 is 0 Å². The highest BCUT2D eigenvalue weighted by atomic mass is 16.3. The first-order valence-electron chi connectivity index (χ1n) is 3.72. The van der Waals surface area contributed by atoms with Gasteiger partial charge in [0.05, 0.1) is 0 Å². The Labute approximate surface area is 68.4 Å². The van der Waals surface area contributed by atoms with Gasteiger partial charge in [0.2, 0.25) is 0 Å². The molecule has 1 atom stereocenters. The Hall–Kier alpha value is -1.00. The van der Waals surface area contributed by atoms with Gasteiger partial charge in [-0.3, -0.25) is 0 Å². The number of aliphatic hydroxyl groups is 1. The molecule has 0 spiro atoms. The third-order valence-electron chi connectivity index (χ3n) is 1.19. The van der Waals surface area contributed by atoms with Crippen LogP contribution in [0.5, 0.6) is 0 Å². The van der Waals surface area contributed by atoms with Crippen molar-refractivity contribution in [2.75, 3.05) is 0 Å². The number of aliphatic hydroxyl groups excluding tert-OH is 1. The Balaban J connectivity index is 3.51. The van der Waals surface area contributed by atoms with Gasteiger partial charge in [0.25, 0.3) is 0 Å². The summed E-state index contributed by atoms with van der Waals surface area (Å²) in [5.74, 6) is 5.26. The molecule has 0 aromatic heterocycles. The molecule has 0 aliphatic rings. The van der Waals surface area contributed by atoms with E-state index in [0.29, 0.717) is 6.42 Å². The minimum atomic E-state index is -0.510. The molecule has 1 unspecified atom stereocenters. The molecule has 0 saturated heterocycles. The van der Waals surface area contributed by atoms with E-state index >= 15 is 0 Å². The fourth-order valence-electron chi connectivity index (χ4n) is 0.648. The fourth-order valence-corrected chi connectivity index (χ4v) is 0.648. The topological polar surface area (TPSA) is 20.2 Å². The van der Waals surface area contributed by atoms with E-state index in [0.717, 1.165) is 6.42 Å². The highest BCUT2D eigenvalue weighted by molar-refractivity contribution is 5.15. The summed E-state index contributed by atoms with van der Waals surface area (Å²) in [6, 6.07) is 0. The summed E-state index contributed by atoms with van der Waals surface area (Å²) in [5.41, 5.74) is 0. The van der Waals surface area contributed by atoms with E-state index in [1.807, 2.05) is 19.1 Å². The predicted molar refractivity (Wildman–Crippen MR) is 48.0 cm³/mol. The van der Waals surface area contributed by atoms with Gasteiger partial charge in [0, 0.05) is 0 Å². The lowest BCUT2D eigenvalue weighted by atomic mass is 10.2. The minimum Gasteiger partial charge on any atom is -0.380 e. The van der Waals surface area contributed by atoms with Gasteiger partial charge in [0.15, 0.2) is 0 Å². The van der Waals surface area contributed by atoms with E-state index in [2.05, 4.69) is 18.4 Å². The lowest BCUT2D eigenvalue weighted by Gasteiger charge is -1.97. The van der Waals surface area contributed by atoms with Gasteiger partial charge >= 0.3 is 0 Å². The van der Waals surface area contributed by atoms with Crippen molar-refractivity contribution in [3.8, 4) is 11.8 Å². The van der Waals surface area contributed by atoms with Crippen LogP contribution in [0.1, 0.15) is 19.8 Å². The van der Waals surface area contributed by atoms with Crippen LogP contribution in [0.2, 0.25) is 0 Å². The normalized spacial score (nSPS) is 12.2. The Morgan fingerprint density at radius 2 is 2.36 bits per heavy atom. The molecule has 0 fully saturated rings. The maximum Gasteiger partial charge on any atom is 0.115 e. The van der Waals surface area contributed by atoms with Crippen LogP contribution in [0.3, 0.4) is 0 Å². The molecule has 0 radical (unpaired) electrons. The molecule has 0 aromatic rings. The average Bonchev–Trinajstić information content (AvgIpc) is 2.01. The van der Waals surface area contributed by atoms with Crippen molar-refractivity contribution in [2.45, 2.75) is 25.9 Å². The predicted octanol–water partition coefficient (Wildman–Crippen LogP) is 1.89. The summed E-state index contributed by atoms with van der Waals surface area (Å²) in [4.78, 5) is 0. The summed E-state index contributed by atoms with van der Waals surface area (Å²) in [6.45, 7) is 5.39. The van der Waals surface area contributed by atoms with E-state index in [1.165, 1.54) is 6.08 Å². The molecular weight excluding hydrogens is 136 g/mol. The fraction of sp³-hybridized carbons (Fsp3) is 0.400. The van der Waals surface area contributed by atoms with E-state index in [4.69, 9.17) is 5.11 Å². The molecule has 0 heterocycles. The van der Waals surface area contributed by atoms with E-state index < -0.39 is 6.10 Å². The zero-order valence-corrected chi connectivity index (χ0v) is 6.88. The Morgan fingerprint density at radius 3 is 2.91 bits per heavy atom. The third-order valence-corrected chi connectivity index (χ3v) is 1.19. The van der Waals surface area contributed by atoms with Gasteiger partial charge < -0.3 is 5.11 Å². The third kappa shape index (κ3) is 6.89. The Bertz CT molecular complexity index is 181. The van der Waals surface area contributed by atoms with Crippen molar-refractivity contribution >= 4 is 0 Å².